The zero-order chi connectivity index (χ0) is 19.5. The molecule has 1 fully saturated rings. The summed E-state index contributed by atoms with van der Waals surface area (Å²) in [5, 5.41) is 0. The molecule has 3 aromatic rings. The van der Waals surface area contributed by atoms with Gasteiger partial charge in [-0.1, -0.05) is 18.2 Å². The van der Waals surface area contributed by atoms with Crippen molar-refractivity contribution >= 4 is 22.6 Å². The molecular weight excluding hydrogens is 352 g/mol. The van der Waals surface area contributed by atoms with E-state index in [-0.39, 0.29) is 5.91 Å². The molecule has 28 heavy (non-hydrogen) atoms. The Morgan fingerprint density at radius 3 is 2.71 bits per heavy atom. The first-order valence-corrected chi connectivity index (χ1v) is 9.75. The molecule has 0 radical (unpaired) electrons. The van der Waals surface area contributed by atoms with Crippen LogP contribution >= 0.6 is 0 Å². The van der Waals surface area contributed by atoms with E-state index in [0.717, 1.165) is 54.3 Å². The summed E-state index contributed by atoms with van der Waals surface area (Å²) in [5.74, 6) is 1.99. The number of imidazole rings is 1. The number of aromatic amines is 1. The van der Waals surface area contributed by atoms with E-state index in [0.29, 0.717) is 12.8 Å². The second-order valence-electron chi connectivity index (χ2n) is 7.20. The molecule has 0 aliphatic carbocycles. The Kier molecular flexibility index (Phi) is 5.19. The van der Waals surface area contributed by atoms with Crippen LogP contribution in [0.15, 0.2) is 42.5 Å². The number of piperazine rings is 1. The van der Waals surface area contributed by atoms with Crippen molar-refractivity contribution in [3.05, 3.63) is 53.9 Å². The molecule has 0 saturated carbocycles. The smallest absolute Gasteiger partial charge is 0.223 e. The average molecular weight is 378 g/mol. The number of benzene rings is 2. The standard InChI is InChI=1S/C22H26N4O2/c1-16-23-19-9-8-18(15-20(19)24-16)25-11-13-26(14-12-25)22(27)10-7-17-5-3-4-6-21(17)28-2/h3-6,8-9,15H,7,10-14H2,1-2H3,(H,23,24). The van der Waals surface area contributed by atoms with Crippen molar-refractivity contribution in [2.45, 2.75) is 19.8 Å². The molecule has 0 atom stereocenters. The third-order valence-corrected chi connectivity index (χ3v) is 5.38. The van der Waals surface area contributed by atoms with E-state index in [4.69, 9.17) is 4.74 Å². The van der Waals surface area contributed by atoms with Crippen molar-refractivity contribution in [2.24, 2.45) is 0 Å². The van der Waals surface area contributed by atoms with Crippen LogP contribution in [-0.4, -0.2) is 54.1 Å². The number of anilines is 1. The van der Waals surface area contributed by atoms with E-state index in [2.05, 4.69) is 33.1 Å². The number of fused-ring (bicyclic) bond motifs is 1. The maximum absolute atomic E-state index is 12.6. The number of para-hydroxylation sites is 1. The predicted octanol–water partition coefficient (Wildman–Crippen LogP) is 3.16. The van der Waals surface area contributed by atoms with Gasteiger partial charge >= 0.3 is 0 Å². The molecule has 0 bridgehead atoms. The van der Waals surface area contributed by atoms with Gasteiger partial charge in [0, 0.05) is 38.3 Å². The van der Waals surface area contributed by atoms with E-state index < -0.39 is 0 Å². The maximum Gasteiger partial charge on any atom is 0.223 e. The van der Waals surface area contributed by atoms with E-state index in [1.165, 1.54) is 5.69 Å². The van der Waals surface area contributed by atoms with Gasteiger partial charge < -0.3 is 19.5 Å². The van der Waals surface area contributed by atoms with Crippen molar-refractivity contribution in [3.8, 4) is 5.75 Å². The highest BCUT2D eigenvalue weighted by molar-refractivity contribution is 5.80. The molecule has 2 heterocycles. The molecule has 146 valence electrons. The lowest BCUT2D eigenvalue weighted by atomic mass is 10.1. The molecule has 1 saturated heterocycles. The zero-order valence-electron chi connectivity index (χ0n) is 16.4. The summed E-state index contributed by atoms with van der Waals surface area (Å²) < 4.78 is 5.38. The van der Waals surface area contributed by atoms with Crippen LogP contribution in [0.5, 0.6) is 5.75 Å². The van der Waals surface area contributed by atoms with Gasteiger partial charge in [0.1, 0.15) is 11.6 Å². The average Bonchev–Trinajstić information content (AvgIpc) is 3.11. The van der Waals surface area contributed by atoms with Gasteiger partial charge in [0.25, 0.3) is 0 Å². The molecule has 0 unspecified atom stereocenters. The van der Waals surface area contributed by atoms with E-state index in [1.807, 2.05) is 36.1 Å². The van der Waals surface area contributed by atoms with Crippen LogP contribution in [0.4, 0.5) is 5.69 Å². The monoisotopic (exact) mass is 378 g/mol. The van der Waals surface area contributed by atoms with Crippen LogP contribution in [0, 0.1) is 6.92 Å². The number of amides is 1. The zero-order valence-corrected chi connectivity index (χ0v) is 16.4. The fourth-order valence-electron chi connectivity index (χ4n) is 3.85. The highest BCUT2D eigenvalue weighted by atomic mass is 16.5. The maximum atomic E-state index is 12.6. The van der Waals surface area contributed by atoms with E-state index in [1.54, 1.807) is 7.11 Å². The first kappa shape index (κ1) is 18.3. The van der Waals surface area contributed by atoms with Gasteiger partial charge in [0.15, 0.2) is 0 Å². The fraction of sp³-hybridized carbons (Fsp3) is 0.364. The Morgan fingerprint density at radius 1 is 1.14 bits per heavy atom. The number of methoxy groups -OCH3 is 1. The molecule has 6 nitrogen and oxygen atoms in total. The molecular formula is C22H26N4O2. The minimum atomic E-state index is 0.213. The van der Waals surface area contributed by atoms with Gasteiger partial charge in [-0.25, -0.2) is 4.98 Å². The quantitative estimate of drug-likeness (QED) is 0.741. The van der Waals surface area contributed by atoms with Gasteiger partial charge in [-0.05, 0) is 43.2 Å². The van der Waals surface area contributed by atoms with Crippen molar-refractivity contribution in [3.63, 3.8) is 0 Å². The number of carbonyl (C=O) groups excluding carboxylic acids is 1. The highest BCUT2D eigenvalue weighted by Gasteiger charge is 2.21. The molecule has 1 aliphatic heterocycles. The fourth-order valence-corrected chi connectivity index (χ4v) is 3.85. The third-order valence-electron chi connectivity index (χ3n) is 5.38. The number of hydrogen-bond donors (Lipinski definition) is 1. The molecule has 1 aliphatic rings. The minimum absolute atomic E-state index is 0.213. The number of aromatic nitrogens is 2. The third kappa shape index (κ3) is 3.81. The summed E-state index contributed by atoms with van der Waals surface area (Å²) in [5.41, 5.74) is 4.31. The Bertz CT molecular complexity index is 974. The summed E-state index contributed by atoms with van der Waals surface area (Å²) in [7, 11) is 1.67. The number of nitrogens with one attached hydrogen (secondary N) is 1. The van der Waals surface area contributed by atoms with Gasteiger partial charge in [-0.15, -0.1) is 0 Å². The summed E-state index contributed by atoms with van der Waals surface area (Å²) in [4.78, 5) is 24.7. The largest absolute Gasteiger partial charge is 0.496 e. The number of H-pyrrole nitrogens is 1. The van der Waals surface area contributed by atoms with Crippen LogP contribution in [0.2, 0.25) is 0 Å². The van der Waals surface area contributed by atoms with Gasteiger partial charge in [-0.2, -0.15) is 0 Å². The summed E-state index contributed by atoms with van der Waals surface area (Å²) in [6.45, 7) is 5.17. The van der Waals surface area contributed by atoms with Crippen molar-refractivity contribution in [1.82, 2.24) is 14.9 Å². The van der Waals surface area contributed by atoms with E-state index >= 15 is 0 Å². The molecule has 4 rings (SSSR count). The molecule has 1 aromatic heterocycles. The van der Waals surface area contributed by atoms with Crippen molar-refractivity contribution in [2.75, 3.05) is 38.2 Å². The molecule has 6 heteroatoms. The Hall–Kier alpha value is -3.02. The number of carbonyl (C=O) groups is 1. The van der Waals surface area contributed by atoms with Gasteiger partial charge in [-0.3, -0.25) is 4.79 Å². The Labute approximate surface area is 165 Å². The number of hydrogen-bond acceptors (Lipinski definition) is 4. The lowest BCUT2D eigenvalue weighted by Crippen LogP contribution is -2.48. The summed E-state index contributed by atoms with van der Waals surface area (Å²) >= 11 is 0. The van der Waals surface area contributed by atoms with Crippen LogP contribution < -0.4 is 9.64 Å². The topological polar surface area (TPSA) is 61.5 Å². The lowest BCUT2D eigenvalue weighted by Gasteiger charge is -2.36. The molecule has 0 spiro atoms. The Morgan fingerprint density at radius 2 is 1.93 bits per heavy atom. The second-order valence-corrected chi connectivity index (χ2v) is 7.20. The van der Waals surface area contributed by atoms with Crippen molar-refractivity contribution < 1.29 is 9.53 Å². The van der Waals surface area contributed by atoms with Gasteiger partial charge in [0.2, 0.25) is 5.91 Å². The SMILES string of the molecule is COc1ccccc1CCC(=O)N1CCN(c2ccc3nc(C)[nH]c3c2)CC1. The van der Waals surface area contributed by atoms with E-state index in [9.17, 15) is 4.79 Å². The second kappa shape index (κ2) is 7.92. The molecule has 1 amide bonds. The van der Waals surface area contributed by atoms with Crippen LogP contribution in [0.25, 0.3) is 11.0 Å². The molecule has 2 aromatic carbocycles. The Balaban J connectivity index is 1.33. The predicted molar refractivity (Wildman–Crippen MR) is 111 cm³/mol. The van der Waals surface area contributed by atoms with Crippen LogP contribution in [-0.2, 0) is 11.2 Å². The molecule has 1 N–H and O–H groups in total. The number of ether oxygens (including phenoxy) is 1. The van der Waals surface area contributed by atoms with Gasteiger partial charge in [0.05, 0.1) is 18.1 Å². The summed E-state index contributed by atoms with van der Waals surface area (Å²) in [6, 6.07) is 14.2. The van der Waals surface area contributed by atoms with Crippen LogP contribution in [0.1, 0.15) is 17.8 Å². The number of nitrogens with zero attached hydrogens (tertiary/aromatic N) is 3. The lowest BCUT2D eigenvalue weighted by molar-refractivity contribution is -0.131. The first-order chi connectivity index (χ1) is 13.6. The minimum Gasteiger partial charge on any atom is -0.496 e. The van der Waals surface area contributed by atoms with Crippen LogP contribution in [0.3, 0.4) is 0 Å². The normalized spacial score (nSPS) is 14.5. The number of aryl methyl sites for hydroxylation is 2. The first-order valence-electron chi connectivity index (χ1n) is 9.75. The van der Waals surface area contributed by atoms with Crippen molar-refractivity contribution in [1.29, 1.82) is 0 Å². The number of rotatable bonds is 5. The highest BCUT2D eigenvalue weighted by Crippen LogP contribution is 2.23. The summed E-state index contributed by atoms with van der Waals surface area (Å²) in [6.07, 6.45) is 1.22.